The van der Waals surface area contributed by atoms with E-state index in [4.69, 9.17) is 0 Å². The van der Waals surface area contributed by atoms with Gasteiger partial charge in [0.2, 0.25) is 63.7 Å². The highest BCUT2D eigenvalue weighted by atomic mass is 32.2. The van der Waals surface area contributed by atoms with E-state index in [1.165, 1.54) is 41.2 Å². The molecule has 53 heteroatoms. The van der Waals surface area contributed by atoms with Crippen LogP contribution >= 0.6 is 34.0 Å². The second-order valence-corrected chi connectivity index (χ2v) is 43.8. The maximum atomic E-state index is 14.4. The Morgan fingerprint density at radius 2 is 0.697 bits per heavy atom. The summed E-state index contributed by atoms with van der Waals surface area (Å²) in [5.74, 6) is -22.1. The van der Waals surface area contributed by atoms with Crippen molar-refractivity contribution in [1.82, 2.24) is 68.4 Å². The third kappa shape index (κ3) is 27.2. The number of alkyl halides is 12. The molecule has 4 fully saturated rings. The lowest BCUT2D eigenvalue weighted by Crippen LogP contribution is -2.45. The molecule has 0 unspecified atom stereocenters. The number of sulfonamides is 4. The second kappa shape index (κ2) is 44.6. The molecule has 0 saturated carbocycles. The van der Waals surface area contributed by atoms with Gasteiger partial charge in [-0.05, 0) is 180 Å². The molecule has 4 aliphatic rings. The monoisotopic (exact) mass is 2180 g/mol. The van der Waals surface area contributed by atoms with Crippen molar-refractivity contribution < 1.29 is 141 Å². The summed E-state index contributed by atoms with van der Waals surface area (Å²) in [5, 5.41) is 11.7. The number of thiazole rings is 3. The predicted molar refractivity (Wildman–Crippen MR) is 488 cm³/mol. The zero-order chi connectivity index (χ0) is 106. The van der Waals surface area contributed by atoms with Crippen molar-refractivity contribution in [3.8, 4) is 43.5 Å². The number of pyridine rings is 1. The van der Waals surface area contributed by atoms with Crippen LogP contribution in [0.25, 0.3) is 43.5 Å². The van der Waals surface area contributed by atoms with Crippen LogP contribution in [-0.4, -0.2) is 179 Å². The highest BCUT2D eigenvalue weighted by Crippen LogP contribution is 2.41. The van der Waals surface area contributed by atoms with Crippen molar-refractivity contribution in [2.24, 2.45) is 0 Å². The van der Waals surface area contributed by atoms with Gasteiger partial charge in [-0.25, -0.2) is 111 Å². The minimum atomic E-state index is -4.32. The lowest BCUT2D eigenvalue weighted by molar-refractivity contribution is -0.125. The number of carbonyl (C=O) groups excluding carboxylic acids is 4. The summed E-state index contributed by atoms with van der Waals surface area (Å²) in [6.07, 6.45) is -3.69. The number of amides is 4. The summed E-state index contributed by atoms with van der Waals surface area (Å²) in [6.45, 7) is -0.557. The highest BCUT2D eigenvalue weighted by Gasteiger charge is 2.49. The minimum absolute atomic E-state index is 0.0500. The molecule has 4 aliphatic heterocycles. The lowest BCUT2D eigenvalue weighted by atomic mass is 10.1. The van der Waals surface area contributed by atoms with Crippen LogP contribution in [0, 0.1) is 46.5 Å². The Morgan fingerprint density at radius 3 is 1.03 bits per heavy atom. The van der Waals surface area contributed by atoms with Gasteiger partial charge in [-0.1, -0.05) is 0 Å². The van der Waals surface area contributed by atoms with Gasteiger partial charge in [0.15, 0.2) is 15.8 Å². The number of rotatable bonds is 28. The maximum absolute atomic E-state index is 14.4. The number of aromatic nitrogens is 6. The van der Waals surface area contributed by atoms with Crippen LogP contribution in [0.3, 0.4) is 0 Å². The van der Waals surface area contributed by atoms with Crippen LogP contribution in [0.4, 0.5) is 87.8 Å². The van der Waals surface area contributed by atoms with Crippen LogP contribution in [-0.2, 0) is 109 Å². The first-order valence-electron chi connectivity index (χ1n) is 42.9. The molecule has 9 heterocycles. The molecule has 5 aromatic heterocycles. The van der Waals surface area contributed by atoms with Crippen molar-refractivity contribution in [3.63, 3.8) is 0 Å². The SMILES string of the molecule is CC(F)(F)c1csc(-c2cc(F)cc(CNC(=O)[C@@H]3C[C@@H](F)CN3S(=O)(=O)c3ccc(F)cc3)c2)n1.CC(F)(F)c1nc(-c2cc(F)cc(CNC(=O)[C@@H]3C[C@@H](F)CN3S(=O)(=O)c3ccc(F)cc3)c2)cs1.CC(F)(F)c1ncc(-c2cc(CNC(=O)[C@@H]3C[C@@H](F)CN3S(=O)(=O)c3ccc(F)cc3)c(F)cn2)cn1.CC(F)(F)c1ncc(-c2cc(F)cc(CNC(=O)[C@@H]3C[C@@H](F)CN3S(=O)(=O)c3ccc(F)cc3)c2)s1. The largest absolute Gasteiger partial charge is 0.351 e. The first-order valence-corrected chi connectivity index (χ1v) is 51.3. The maximum Gasteiger partial charge on any atom is 0.303 e. The molecule has 26 nitrogen and oxygen atoms in total. The summed E-state index contributed by atoms with van der Waals surface area (Å²) in [5.41, 5.74) is 1.52. The van der Waals surface area contributed by atoms with Gasteiger partial charge in [0, 0.05) is 157 Å². The van der Waals surface area contributed by atoms with Crippen LogP contribution in [0.15, 0.2) is 213 Å². The number of benzene rings is 7. The average Bonchev–Trinajstić information content (AvgIpc) is 1.66. The molecule has 4 N–H and O–H groups in total. The summed E-state index contributed by atoms with van der Waals surface area (Å²) in [6, 6.07) is 22.6. The normalized spacial score (nSPS) is 18.9. The average molecular weight is 2180 g/mol. The molecule has 0 spiro atoms. The molecule has 0 radical (unpaired) electrons. The molecule has 145 heavy (non-hydrogen) atoms. The van der Waals surface area contributed by atoms with E-state index in [2.05, 4.69) is 51.2 Å². The Hall–Kier alpha value is -12.2. The zero-order valence-electron chi connectivity index (χ0n) is 75.4. The fraction of sp³-hybridized carbons (Fsp3) is 0.304. The van der Waals surface area contributed by atoms with Crippen molar-refractivity contribution in [1.29, 1.82) is 0 Å². The fourth-order valence-electron chi connectivity index (χ4n) is 15.2. The van der Waals surface area contributed by atoms with Crippen molar-refractivity contribution in [2.75, 3.05) is 26.2 Å². The number of halogens is 20. The van der Waals surface area contributed by atoms with E-state index < -0.39 is 243 Å². The van der Waals surface area contributed by atoms with Gasteiger partial charge in [-0.2, -0.15) is 52.3 Å². The summed E-state index contributed by atoms with van der Waals surface area (Å²) in [7, 11) is -17.2. The number of nitrogens with zero attached hydrogens (tertiary/aromatic N) is 10. The van der Waals surface area contributed by atoms with Gasteiger partial charge >= 0.3 is 5.92 Å². The van der Waals surface area contributed by atoms with Crippen molar-refractivity contribution in [2.45, 2.75) is 172 Å². The summed E-state index contributed by atoms with van der Waals surface area (Å²) >= 11 is 2.34. The van der Waals surface area contributed by atoms with E-state index in [-0.39, 0.29) is 119 Å². The predicted octanol–water partition coefficient (Wildman–Crippen LogP) is 17.2. The van der Waals surface area contributed by atoms with Gasteiger partial charge in [0.25, 0.3) is 17.8 Å². The topological polar surface area (TPSA) is 343 Å². The molecular formula is C92H80F20N14O12S7. The molecule has 16 rings (SSSR count). The molecule has 8 atom stereocenters. The fourth-order valence-corrected chi connectivity index (χ4v) is 24.2. The Bertz CT molecular complexity index is 6720. The summed E-state index contributed by atoms with van der Waals surface area (Å²) in [4.78, 5) is 72.9. The molecule has 7 aromatic carbocycles. The first-order chi connectivity index (χ1) is 67.9. The van der Waals surface area contributed by atoms with E-state index in [0.29, 0.717) is 48.2 Å². The lowest BCUT2D eigenvalue weighted by Gasteiger charge is -2.23. The van der Waals surface area contributed by atoms with Crippen LogP contribution in [0.5, 0.6) is 0 Å². The number of hydrogen-bond donors (Lipinski definition) is 4. The molecule has 772 valence electrons. The Labute approximate surface area is 826 Å². The molecule has 4 amide bonds. The van der Waals surface area contributed by atoms with Crippen LogP contribution < -0.4 is 21.3 Å². The summed E-state index contributed by atoms with van der Waals surface area (Å²) < 4.78 is 381. The Balaban J connectivity index is 0.000000162. The van der Waals surface area contributed by atoms with Gasteiger partial charge in [-0.3, -0.25) is 24.2 Å². The van der Waals surface area contributed by atoms with E-state index in [1.54, 1.807) is 0 Å². The number of nitrogens with one attached hydrogen (secondary N) is 4. The van der Waals surface area contributed by atoms with E-state index >= 15 is 0 Å². The van der Waals surface area contributed by atoms with E-state index in [1.807, 2.05) is 0 Å². The van der Waals surface area contributed by atoms with Gasteiger partial charge in [0.1, 0.15) is 106 Å². The smallest absolute Gasteiger partial charge is 0.303 e. The molecule has 12 aromatic rings. The quantitative estimate of drug-likeness (QED) is 0.0331. The van der Waals surface area contributed by atoms with Gasteiger partial charge in [-0.15, -0.1) is 34.0 Å². The second-order valence-electron chi connectivity index (χ2n) is 33.5. The first kappa shape index (κ1) is 110. The standard InChI is InChI=1S/C23H20F5N5O3S.3C23H20F5N3O3S2/c1-23(27,28)22-31-9-14(10-32-22)19-6-13(18(26)11-29-19)8-30-21(34)20-7-16(25)12-33(20)37(35,36)17-4-2-15(24)3-5-17;1-23(27,28)22-30-11-20(35-22)14-6-13(7-16(25)8-14)10-29-21(32)19-9-17(26)12-31(19)36(33,34)18-4-2-15(24)3-5-18;1-23(27,28)22-30-19(12-35-22)14-6-13(7-16(25)8-14)10-29-21(32)20-9-17(26)11-31(20)36(33,34)18-4-2-15(24)3-5-18;1-23(27,28)20-12-35-22(30-20)14-6-13(7-16(25)8-14)10-29-21(32)19-9-17(26)11-31(19)36(33,34)18-4-2-15(24)3-5-18/h2-6,9-11,16,20H,7-8,12H2,1H3,(H,30,34);2-8,11,17,19H,9-10,12H2,1H3,(H,29,32);2-8,12,17,20H,9-11H2,1H3,(H,29,32);2-8,12,17,19H,9-11H2,1H3,(H,29,32)/t16-,20+;17-,19+;17-,20+;17-,19+/m1111/s1. The van der Waals surface area contributed by atoms with Gasteiger partial charge in [0.05, 0.1) is 42.0 Å². The Kier molecular flexibility index (Phi) is 33.8. The molecular weight excluding hydrogens is 2100 g/mol. The molecule has 0 aliphatic carbocycles. The number of hydrogen-bond acceptors (Lipinski definition) is 21. The van der Waals surface area contributed by atoms with Crippen molar-refractivity contribution in [3.05, 3.63) is 284 Å². The zero-order valence-corrected chi connectivity index (χ0v) is 81.1. The Morgan fingerprint density at radius 1 is 0.352 bits per heavy atom. The van der Waals surface area contributed by atoms with Gasteiger partial charge < -0.3 is 21.3 Å². The highest BCUT2D eigenvalue weighted by molar-refractivity contribution is 7.90. The molecule has 0 bridgehead atoms. The molecule has 4 saturated heterocycles. The minimum Gasteiger partial charge on any atom is -0.351 e. The number of carbonyl (C=O) groups is 4. The third-order valence-corrected chi connectivity index (χ3v) is 32.9. The van der Waals surface area contributed by atoms with E-state index in [0.717, 1.165) is 188 Å². The van der Waals surface area contributed by atoms with E-state index in [9.17, 15) is 141 Å². The van der Waals surface area contributed by atoms with Crippen molar-refractivity contribution >= 4 is 97.7 Å². The van der Waals surface area contributed by atoms with Crippen LogP contribution in [0.1, 0.15) is 97.2 Å². The van der Waals surface area contributed by atoms with Crippen LogP contribution in [0.2, 0.25) is 0 Å². The third-order valence-electron chi connectivity index (χ3n) is 22.3.